The highest BCUT2D eigenvalue weighted by Crippen LogP contribution is 2.37. The Labute approximate surface area is 161 Å². The second-order valence-corrected chi connectivity index (χ2v) is 6.31. The number of halogens is 1. The highest BCUT2D eigenvalue weighted by molar-refractivity contribution is 6.30. The van der Waals surface area contributed by atoms with Gasteiger partial charge in [-0.25, -0.2) is 4.79 Å². The van der Waals surface area contributed by atoms with Crippen molar-refractivity contribution in [3.8, 4) is 5.75 Å². The Morgan fingerprint density at radius 3 is 2.26 bits per heavy atom. The molecule has 1 atom stereocenters. The lowest BCUT2D eigenvalue weighted by atomic mass is 9.98. The number of carboxylic acids is 1. The molecule has 0 radical (unpaired) electrons. The summed E-state index contributed by atoms with van der Waals surface area (Å²) in [6, 6.07) is 6.01. The Morgan fingerprint density at radius 2 is 1.78 bits per heavy atom. The molecule has 0 aliphatic carbocycles. The third-order valence-corrected chi connectivity index (χ3v) is 4.50. The van der Waals surface area contributed by atoms with Crippen molar-refractivity contribution in [2.75, 3.05) is 6.61 Å². The maximum Gasteiger partial charge on any atom is 0.343 e. The van der Waals surface area contributed by atoms with E-state index < -0.39 is 29.4 Å². The van der Waals surface area contributed by atoms with Crippen LogP contribution in [0, 0.1) is 0 Å². The molecule has 8 heteroatoms. The molecule has 0 fully saturated rings. The van der Waals surface area contributed by atoms with Gasteiger partial charge < -0.3 is 19.5 Å². The van der Waals surface area contributed by atoms with Gasteiger partial charge in [-0.05, 0) is 37.6 Å². The quantitative estimate of drug-likeness (QED) is 0.551. The van der Waals surface area contributed by atoms with E-state index in [0.717, 1.165) is 0 Å². The van der Waals surface area contributed by atoms with E-state index in [-0.39, 0.29) is 35.5 Å². The first-order valence-corrected chi connectivity index (χ1v) is 8.73. The van der Waals surface area contributed by atoms with Crippen LogP contribution in [0.1, 0.15) is 58.3 Å². The molecule has 1 heterocycles. The van der Waals surface area contributed by atoms with Gasteiger partial charge in [0.25, 0.3) is 0 Å². The normalized spacial score (nSPS) is 11.9. The molecule has 0 saturated carbocycles. The molecule has 27 heavy (non-hydrogen) atoms. The molecule has 1 aromatic heterocycles. The van der Waals surface area contributed by atoms with E-state index in [1.807, 2.05) is 0 Å². The number of carboxylic acid groups (broad SMARTS) is 1. The van der Waals surface area contributed by atoms with Gasteiger partial charge in [-0.15, -0.1) is 0 Å². The number of ketones is 1. The number of nitrogens with zero attached hydrogens (tertiary/aromatic N) is 1. The van der Waals surface area contributed by atoms with Gasteiger partial charge in [-0.3, -0.25) is 9.59 Å². The van der Waals surface area contributed by atoms with E-state index in [1.165, 1.54) is 35.9 Å². The predicted octanol–water partition coefficient (Wildman–Crippen LogP) is 3.37. The number of carbonyl (C=O) groups excluding carboxylic acids is 2. The summed E-state index contributed by atoms with van der Waals surface area (Å²) < 4.78 is 6.21. The number of esters is 1. The summed E-state index contributed by atoms with van der Waals surface area (Å²) in [7, 11) is 1.44. The van der Waals surface area contributed by atoms with Crippen molar-refractivity contribution in [1.82, 2.24) is 4.57 Å². The SMILES string of the molecule is CCOC(=O)c1c(O)c(C(=O)c2ccc(Cl)cc2)n(C)c1C(CC)C(=O)O. The minimum absolute atomic E-state index is 0.0262. The number of hydrogen-bond acceptors (Lipinski definition) is 5. The lowest BCUT2D eigenvalue weighted by Crippen LogP contribution is -2.19. The Bertz CT molecular complexity index is 885. The Hall–Kier alpha value is -2.80. The predicted molar refractivity (Wildman–Crippen MR) is 98.6 cm³/mol. The van der Waals surface area contributed by atoms with E-state index in [4.69, 9.17) is 16.3 Å². The first-order chi connectivity index (χ1) is 12.7. The summed E-state index contributed by atoms with van der Waals surface area (Å²) in [4.78, 5) is 37.0. The Balaban J connectivity index is 2.72. The molecular weight excluding hydrogens is 374 g/mol. The molecule has 144 valence electrons. The third-order valence-electron chi connectivity index (χ3n) is 4.25. The van der Waals surface area contributed by atoms with Crippen LogP contribution in [0.5, 0.6) is 5.75 Å². The summed E-state index contributed by atoms with van der Waals surface area (Å²) >= 11 is 5.83. The number of rotatable bonds is 7. The molecular formula is C19H20ClNO6. The van der Waals surface area contributed by atoms with Crippen molar-refractivity contribution >= 4 is 29.3 Å². The highest BCUT2D eigenvalue weighted by atomic mass is 35.5. The summed E-state index contributed by atoms with van der Waals surface area (Å²) in [6.07, 6.45) is 0.160. The molecule has 1 aromatic carbocycles. The molecule has 1 unspecified atom stereocenters. The fourth-order valence-corrected chi connectivity index (χ4v) is 3.11. The number of carbonyl (C=O) groups is 3. The fraction of sp³-hybridized carbons (Fsp3) is 0.316. The van der Waals surface area contributed by atoms with Crippen LogP contribution in [-0.2, 0) is 16.6 Å². The van der Waals surface area contributed by atoms with Crippen molar-refractivity contribution in [2.45, 2.75) is 26.2 Å². The van der Waals surface area contributed by atoms with Crippen molar-refractivity contribution < 1.29 is 29.3 Å². The Kier molecular flexibility index (Phi) is 6.28. The minimum atomic E-state index is -1.17. The topological polar surface area (TPSA) is 106 Å². The van der Waals surface area contributed by atoms with E-state index in [0.29, 0.717) is 5.02 Å². The molecule has 2 aromatic rings. The smallest absolute Gasteiger partial charge is 0.343 e. The van der Waals surface area contributed by atoms with Crippen LogP contribution in [-0.4, -0.2) is 39.1 Å². The average molecular weight is 394 g/mol. The van der Waals surface area contributed by atoms with Crippen molar-refractivity contribution in [2.24, 2.45) is 7.05 Å². The lowest BCUT2D eigenvalue weighted by molar-refractivity contribution is -0.139. The fourth-order valence-electron chi connectivity index (χ4n) is 2.98. The van der Waals surface area contributed by atoms with Crippen molar-refractivity contribution in [3.63, 3.8) is 0 Å². The van der Waals surface area contributed by atoms with Gasteiger partial charge in [0.2, 0.25) is 5.78 Å². The molecule has 2 rings (SSSR count). The zero-order valence-corrected chi connectivity index (χ0v) is 15.9. The Morgan fingerprint density at radius 1 is 1.19 bits per heavy atom. The molecule has 0 saturated heterocycles. The van der Waals surface area contributed by atoms with Crippen molar-refractivity contribution in [3.05, 3.63) is 51.8 Å². The molecule has 0 bridgehead atoms. The van der Waals surface area contributed by atoms with Crippen LogP contribution in [0.15, 0.2) is 24.3 Å². The standard InChI is InChI=1S/C19H20ClNO6/c1-4-12(18(24)25)14-13(19(26)27-5-2)17(23)15(21(14)3)16(22)10-6-8-11(20)9-7-10/h6-9,12,23H,4-5H2,1-3H3,(H,24,25). The molecule has 0 aliphatic heterocycles. The van der Waals surface area contributed by atoms with Crippen LogP contribution in [0.3, 0.4) is 0 Å². The number of aromatic hydroxyl groups is 1. The number of ether oxygens (including phenoxy) is 1. The maximum absolute atomic E-state index is 12.9. The first kappa shape index (κ1) is 20.5. The number of aromatic nitrogens is 1. The second-order valence-electron chi connectivity index (χ2n) is 5.87. The molecule has 0 spiro atoms. The van der Waals surface area contributed by atoms with Crippen LogP contribution in [0.25, 0.3) is 0 Å². The molecule has 0 amide bonds. The van der Waals surface area contributed by atoms with Gasteiger partial charge in [0.1, 0.15) is 11.3 Å². The summed E-state index contributed by atoms with van der Waals surface area (Å²) in [5.74, 6) is -4.30. The minimum Gasteiger partial charge on any atom is -0.505 e. The van der Waals surface area contributed by atoms with Gasteiger partial charge >= 0.3 is 11.9 Å². The van der Waals surface area contributed by atoms with Crippen LogP contribution >= 0.6 is 11.6 Å². The summed E-state index contributed by atoms with van der Waals surface area (Å²) in [5, 5.41) is 20.6. The lowest BCUT2D eigenvalue weighted by Gasteiger charge is -2.14. The van der Waals surface area contributed by atoms with Gasteiger partial charge in [0.15, 0.2) is 5.75 Å². The highest BCUT2D eigenvalue weighted by Gasteiger charge is 2.36. The average Bonchev–Trinajstić information content (AvgIpc) is 2.86. The molecule has 2 N–H and O–H groups in total. The van der Waals surface area contributed by atoms with E-state index in [2.05, 4.69) is 0 Å². The van der Waals surface area contributed by atoms with E-state index in [1.54, 1.807) is 13.8 Å². The van der Waals surface area contributed by atoms with Gasteiger partial charge in [0, 0.05) is 17.6 Å². The zero-order chi connectivity index (χ0) is 20.3. The number of aliphatic carboxylic acids is 1. The van der Waals surface area contributed by atoms with E-state index in [9.17, 15) is 24.6 Å². The maximum atomic E-state index is 12.9. The van der Waals surface area contributed by atoms with Gasteiger partial charge in [-0.1, -0.05) is 18.5 Å². The number of benzene rings is 1. The monoisotopic (exact) mass is 393 g/mol. The summed E-state index contributed by atoms with van der Waals surface area (Å²) in [5.41, 5.74) is -0.222. The molecule has 0 aliphatic rings. The number of hydrogen-bond donors (Lipinski definition) is 2. The van der Waals surface area contributed by atoms with E-state index >= 15 is 0 Å². The largest absolute Gasteiger partial charge is 0.505 e. The third kappa shape index (κ3) is 3.83. The van der Waals surface area contributed by atoms with Crippen LogP contribution < -0.4 is 0 Å². The van der Waals surface area contributed by atoms with Gasteiger partial charge in [0.05, 0.1) is 18.2 Å². The van der Waals surface area contributed by atoms with Gasteiger partial charge in [-0.2, -0.15) is 0 Å². The summed E-state index contributed by atoms with van der Waals surface area (Å²) in [6.45, 7) is 3.27. The first-order valence-electron chi connectivity index (χ1n) is 8.36. The molecule has 7 nitrogen and oxygen atoms in total. The van der Waals surface area contributed by atoms with Crippen LogP contribution in [0.2, 0.25) is 5.02 Å². The van der Waals surface area contributed by atoms with Crippen LogP contribution in [0.4, 0.5) is 0 Å². The zero-order valence-electron chi connectivity index (χ0n) is 15.2. The second kappa shape index (κ2) is 8.26. The van der Waals surface area contributed by atoms with Crippen molar-refractivity contribution in [1.29, 1.82) is 0 Å².